The van der Waals surface area contributed by atoms with Crippen LogP contribution in [0.3, 0.4) is 0 Å². The van der Waals surface area contributed by atoms with Crippen LogP contribution in [0.15, 0.2) is 0 Å². The van der Waals surface area contributed by atoms with Gasteiger partial charge in [-0.05, 0) is 41.0 Å². The summed E-state index contributed by atoms with van der Waals surface area (Å²) in [5.74, 6) is -9.26. The van der Waals surface area contributed by atoms with E-state index in [1.807, 2.05) is 5.32 Å². The first-order valence-electron chi connectivity index (χ1n) is 14.3. The van der Waals surface area contributed by atoms with Crippen LogP contribution in [0.25, 0.3) is 0 Å². The average molecular weight is 680 g/mol. The van der Waals surface area contributed by atoms with Gasteiger partial charge in [0.05, 0.1) is 31.0 Å². The lowest BCUT2D eigenvalue weighted by atomic mass is 10.1. The molecule has 6 amide bonds. The van der Waals surface area contributed by atoms with Crippen molar-refractivity contribution in [3.8, 4) is 0 Å². The molecule has 0 spiro atoms. The van der Waals surface area contributed by atoms with Crippen molar-refractivity contribution in [1.82, 2.24) is 31.9 Å². The van der Waals surface area contributed by atoms with Gasteiger partial charge >= 0.3 is 11.9 Å². The molecule has 0 unspecified atom stereocenters. The van der Waals surface area contributed by atoms with Gasteiger partial charge in [-0.3, -0.25) is 33.6 Å². The van der Waals surface area contributed by atoms with Crippen molar-refractivity contribution in [2.45, 2.75) is 108 Å². The second kappa shape index (κ2) is 19.9. The van der Waals surface area contributed by atoms with Crippen molar-refractivity contribution in [3.63, 3.8) is 0 Å². The minimum Gasteiger partial charge on any atom is -0.481 e. The zero-order valence-corrected chi connectivity index (χ0v) is 26.4. The summed E-state index contributed by atoms with van der Waals surface area (Å²) in [4.78, 5) is 97.7. The summed E-state index contributed by atoms with van der Waals surface area (Å²) >= 11 is 0. The molecule has 0 aliphatic carbocycles. The van der Waals surface area contributed by atoms with Crippen LogP contribution in [0.1, 0.15) is 47.5 Å². The lowest BCUT2D eigenvalue weighted by Gasteiger charge is -2.28. The number of carbonyl (C=O) groups is 8. The minimum absolute atomic E-state index is 0.474. The molecule has 47 heavy (non-hydrogen) atoms. The lowest BCUT2D eigenvalue weighted by Crippen LogP contribution is -2.62. The van der Waals surface area contributed by atoms with Crippen molar-refractivity contribution in [3.05, 3.63) is 0 Å². The van der Waals surface area contributed by atoms with Crippen LogP contribution >= 0.6 is 0 Å². The molecule has 268 valence electrons. The first-order chi connectivity index (χ1) is 21.6. The molecule has 0 aliphatic heterocycles. The maximum Gasteiger partial charge on any atom is 0.328 e. The van der Waals surface area contributed by atoms with E-state index in [4.69, 9.17) is 15.9 Å². The number of hydrogen-bond donors (Lipinski definition) is 13. The van der Waals surface area contributed by atoms with E-state index in [1.54, 1.807) is 0 Å². The topological polar surface area (TPSA) is 356 Å². The minimum atomic E-state index is -1.75. The Hall–Kier alpha value is -4.44. The van der Waals surface area contributed by atoms with E-state index < -0.39 is 127 Å². The summed E-state index contributed by atoms with van der Waals surface area (Å²) in [7, 11) is 0. The van der Waals surface area contributed by atoms with Crippen molar-refractivity contribution >= 4 is 47.4 Å². The Labute approximate surface area is 269 Å². The molecule has 0 saturated heterocycles. The molecule has 0 aromatic heterocycles. The van der Waals surface area contributed by atoms with Crippen LogP contribution in [0.5, 0.6) is 0 Å². The Morgan fingerprint density at radius 1 is 0.574 bits per heavy atom. The molecule has 0 saturated carbocycles. The number of rotatable bonds is 20. The third kappa shape index (κ3) is 15.1. The van der Waals surface area contributed by atoms with Crippen molar-refractivity contribution in [2.75, 3.05) is 6.54 Å². The van der Waals surface area contributed by atoms with Gasteiger partial charge in [-0.15, -0.1) is 0 Å². The highest BCUT2D eigenvalue weighted by atomic mass is 16.4. The standard InChI is InChI=1S/C26H45N7O14/c1-9(29-24(44)18(11(3)35)33-25(45)19(12(4)36)32-23(43)17(27)10(2)34)21(41)30-14(6-7-16(39)40)22(42)28-8-15(38)31-20(13(5)37)26(46)47/h9-14,17-20,34-37H,6-8,27H2,1-5H3,(H,28,42)(H,29,44)(H,30,41)(H,31,38)(H,32,43)(H,33,45)(H,39,40)(H,46,47)/t9-,10+,11+,12+,13+,14-,17-,18-,19-,20-/m0/s1. The van der Waals surface area contributed by atoms with Gasteiger partial charge in [0.15, 0.2) is 6.04 Å². The number of nitrogens with two attached hydrogens (primary N) is 1. The predicted molar refractivity (Wildman–Crippen MR) is 158 cm³/mol. The van der Waals surface area contributed by atoms with Gasteiger partial charge in [-0.2, -0.15) is 0 Å². The van der Waals surface area contributed by atoms with E-state index in [-0.39, 0.29) is 0 Å². The summed E-state index contributed by atoms with van der Waals surface area (Å²) < 4.78 is 0. The normalized spacial score (nSPS) is 17.4. The number of carboxylic acids is 2. The van der Waals surface area contributed by atoms with Gasteiger partial charge in [0.1, 0.15) is 30.2 Å². The number of aliphatic hydroxyl groups is 4. The number of carboxylic acid groups (broad SMARTS) is 2. The fraction of sp³-hybridized carbons (Fsp3) is 0.692. The van der Waals surface area contributed by atoms with Crippen LogP contribution in [0, 0.1) is 0 Å². The summed E-state index contributed by atoms with van der Waals surface area (Å²) in [6, 6.07) is -9.61. The average Bonchev–Trinajstić information content (AvgIpc) is 2.96. The third-order valence-electron chi connectivity index (χ3n) is 6.47. The van der Waals surface area contributed by atoms with E-state index in [9.17, 15) is 58.8 Å². The van der Waals surface area contributed by atoms with Gasteiger partial charge in [-0.1, -0.05) is 0 Å². The highest BCUT2D eigenvalue weighted by Crippen LogP contribution is 2.03. The molecule has 0 fully saturated rings. The predicted octanol–water partition coefficient (Wildman–Crippen LogP) is -6.65. The van der Waals surface area contributed by atoms with Crippen LogP contribution in [-0.2, 0) is 38.4 Å². The van der Waals surface area contributed by atoms with Crippen LogP contribution in [0.4, 0.5) is 0 Å². The monoisotopic (exact) mass is 679 g/mol. The molecule has 0 rings (SSSR count). The summed E-state index contributed by atoms with van der Waals surface area (Å²) in [6.45, 7) is 4.90. The third-order valence-corrected chi connectivity index (χ3v) is 6.47. The second-order valence-corrected chi connectivity index (χ2v) is 10.8. The highest BCUT2D eigenvalue weighted by Gasteiger charge is 2.35. The Kier molecular flexibility index (Phi) is 18.1. The lowest BCUT2D eigenvalue weighted by molar-refractivity contribution is -0.144. The molecule has 0 bridgehead atoms. The molecule has 0 heterocycles. The number of hydrogen-bond acceptors (Lipinski definition) is 13. The summed E-state index contributed by atoms with van der Waals surface area (Å²) in [6.07, 6.45) is -6.99. The second-order valence-electron chi connectivity index (χ2n) is 10.8. The van der Waals surface area contributed by atoms with Crippen molar-refractivity contribution in [2.24, 2.45) is 5.73 Å². The first-order valence-corrected chi connectivity index (χ1v) is 14.3. The molecular formula is C26H45N7O14. The largest absolute Gasteiger partial charge is 0.481 e. The number of carbonyl (C=O) groups excluding carboxylic acids is 6. The summed E-state index contributed by atoms with van der Waals surface area (Å²) in [5, 5.41) is 69.9. The smallest absolute Gasteiger partial charge is 0.328 e. The van der Waals surface area contributed by atoms with Crippen LogP contribution < -0.4 is 37.6 Å². The number of aliphatic carboxylic acids is 2. The van der Waals surface area contributed by atoms with Crippen LogP contribution in [0.2, 0.25) is 0 Å². The summed E-state index contributed by atoms with van der Waals surface area (Å²) in [5.41, 5.74) is 5.53. The molecular weight excluding hydrogens is 634 g/mol. The van der Waals surface area contributed by atoms with E-state index >= 15 is 0 Å². The SMILES string of the molecule is C[C@H](NC(=O)[C@@H](NC(=O)[C@@H](NC(=O)[C@@H](N)[C@@H](C)O)[C@@H](C)O)[C@@H](C)O)C(=O)N[C@@H](CCC(=O)O)C(=O)NCC(=O)N[C@H](C(=O)O)[C@@H](C)O. The Bertz CT molecular complexity index is 1150. The maximum absolute atomic E-state index is 12.9. The Morgan fingerprint density at radius 2 is 1.04 bits per heavy atom. The quantitative estimate of drug-likeness (QED) is 0.0569. The van der Waals surface area contributed by atoms with Gasteiger partial charge in [-0.25, -0.2) is 4.79 Å². The van der Waals surface area contributed by atoms with Gasteiger partial charge in [0.2, 0.25) is 35.4 Å². The van der Waals surface area contributed by atoms with Gasteiger partial charge < -0.3 is 68.3 Å². The number of amides is 6. The Balaban J connectivity index is 5.56. The van der Waals surface area contributed by atoms with Crippen LogP contribution in [-0.4, -0.2) is 145 Å². The molecule has 14 N–H and O–H groups in total. The molecule has 21 heteroatoms. The number of aliphatic hydroxyl groups excluding tert-OH is 4. The van der Waals surface area contributed by atoms with Gasteiger partial charge in [0, 0.05) is 6.42 Å². The van der Waals surface area contributed by atoms with Crippen molar-refractivity contribution < 1.29 is 69.0 Å². The molecule has 0 radical (unpaired) electrons. The highest BCUT2D eigenvalue weighted by molar-refractivity contribution is 5.96. The maximum atomic E-state index is 12.9. The molecule has 21 nitrogen and oxygen atoms in total. The molecule has 0 aromatic rings. The fourth-order valence-electron chi connectivity index (χ4n) is 3.63. The molecule has 0 aromatic carbocycles. The van der Waals surface area contributed by atoms with Crippen molar-refractivity contribution in [1.29, 1.82) is 0 Å². The zero-order chi connectivity index (χ0) is 36.8. The zero-order valence-electron chi connectivity index (χ0n) is 26.4. The molecule has 0 aliphatic rings. The first kappa shape index (κ1) is 42.6. The number of nitrogens with one attached hydrogen (secondary N) is 6. The van der Waals surface area contributed by atoms with E-state index in [2.05, 4.69) is 26.6 Å². The molecule has 10 atom stereocenters. The van der Waals surface area contributed by atoms with Gasteiger partial charge in [0.25, 0.3) is 0 Å². The van der Waals surface area contributed by atoms with E-state index in [0.29, 0.717) is 0 Å². The Morgan fingerprint density at radius 3 is 1.47 bits per heavy atom. The van der Waals surface area contributed by atoms with E-state index in [0.717, 1.165) is 27.7 Å². The fourth-order valence-corrected chi connectivity index (χ4v) is 3.63. The van der Waals surface area contributed by atoms with E-state index in [1.165, 1.54) is 6.92 Å².